The summed E-state index contributed by atoms with van der Waals surface area (Å²) in [6.07, 6.45) is 0. The minimum Gasteiger partial charge on any atom is -0.493 e. The number of carboxylic acids is 2. The molecule has 1 heterocycles. The van der Waals surface area contributed by atoms with Gasteiger partial charge in [0.1, 0.15) is 0 Å². The largest absolute Gasteiger partial charge is 0.493 e. The summed E-state index contributed by atoms with van der Waals surface area (Å²) in [6.45, 7) is 6.07. The number of nitrogens with zero attached hydrogens (tertiary/aromatic N) is 2. The van der Waals surface area contributed by atoms with Crippen LogP contribution in [0.4, 0.5) is 0 Å². The quantitative estimate of drug-likeness (QED) is 0.648. The van der Waals surface area contributed by atoms with Gasteiger partial charge >= 0.3 is 11.9 Å². The maximum Gasteiger partial charge on any atom is 0.414 e. The maximum atomic E-state index is 9.10. The zero-order valence-electron chi connectivity index (χ0n) is 17.6. The van der Waals surface area contributed by atoms with E-state index in [-0.39, 0.29) is 0 Å². The van der Waals surface area contributed by atoms with Crippen molar-refractivity contribution in [3.63, 3.8) is 0 Å². The van der Waals surface area contributed by atoms with Crippen molar-refractivity contribution in [3.8, 4) is 11.5 Å². The number of ether oxygens (including phenoxy) is 2. The molecule has 2 aromatic carbocycles. The molecule has 31 heavy (non-hydrogen) atoms. The van der Waals surface area contributed by atoms with Gasteiger partial charge in [-0.1, -0.05) is 35.9 Å². The third-order valence-corrected chi connectivity index (χ3v) is 5.22. The third-order valence-electron chi connectivity index (χ3n) is 4.85. The summed E-state index contributed by atoms with van der Waals surface area (Å²) in [5.74, 6) is -2.09. The van der Waals surface area contributed by atoms with Gasteiger partial charge in [0.15, 0.2) is 11.5 Å². The molecule has 2 aromatic rings. The zero-order valence-corrected chi connectivity index (χ0v) is 18.3. The smallest absolute Gasteiger partial charge is 0.414 e. The van der Waals surface area contributed by atoms with Crippen LogP contribution in [-0.4, -0.2) is 72.4 Å². The highest BCUT2D eigenvalue weighted by molar-refractivity contribution is 6.31. The number of carboxylic acid groups (broad SMARTS) is 2. The lowest BCUT2D eigenvalue weighted by atomic mass is 10.1. The Morgan fingerprint density at radius 1 is 0.871 bits per heavy atom. The minimum absolute atomic E-state index is 0.774. The number of hydrogen-bond acceptors (Lipinski definition) is 6. The lowest BCUT2D eigenvalue weighted by molar-refractivity contribution is -0.159. The Morgan fingerprint density at radius 3 is 1.94 bits per heavy atom. The molecule has 0 aliphatic carbocycles. The molecule has 9 heteroatoms. The second kappa shape index (κ2) is 12.1. The summed E-state index contributed by atoms with van der Waals surface area (Å²) >= 11 is 6.27. The number of rotatable bonds is 6. The van der Waals surface area contributed by atoms with Crippen molar-refractivity contribution < 1.29 is 29.3 Å². The van der Waals surface area contributed by atoms with E-state index in [0.717, 1.165) is 55.8 Å². The van der Waals surface area contributed by atoms with E-state index >= 15 is 0 Å². The summed E-state index contributed by atoms with van der Waals surface area (Å²) in [5, 5.41) is 15.6. The molecule has 1 saturated heterocycles. The maximum absolute atomic E-state index is 9.10. The molecule has 0 amide bonds. The molecule has 1 fully saturated rings. The molecule has 168 valence electrons. The molecule has 1 aliphatic rings. The van der Waals surface area contributed by atoms with Crippen LogP contribution < -0.4 is 9.47 Å². The van der Waals surface area contributed by atoms with E-state index in [0.29, 0.717) is 0 Å². The van der Waals surface area contributed by atoms with Gasteiger partial charge in [-0.15, -0.1) is 0 Å². The second-order valence-electron chi connectivity index (χ2n) is 6.94. The molecule has 2 N–H and O–H groups in total. The monoisotopic (exact) mass is 450 g/mol. The Hall–Kier alpha value is -2.81. The number of carbonyl (C=O) groups is 2. The van der Waals surface area contributed by atoms with Crippen molar-refractivity contribution in [2.75, 3.05) is 40.4 Å². The zero-order chi connectivity index (χ0) is 22.8. The molecule has 0 atom stereocenters. The predicted molar refractivity (Wildman–Crippen MR) is 117 cm³/mol. The fourth-order valence-corrected chi connectivity index (χ4v) is 3.41. The van der Waals surface area contributed by atoms with Crippen molar-refractivity contribution in [1.82, 2.24) is 9.80 Å². The van der Waals surface area contributed by atoms with E-state index in [1.54, 1.807) is 14.2 Å². The van der Waals surface area contributed by atoms with Crippen LogP contribution in [0.15, 0.2) is 42.5 Å². The Labute approximate surface area is 186 Å². The van der Waals surface area contributed by atoms with Crippen LogP contribution in [0.1, 0.15) is 11.1 Å². The van der Waals surface area contributed by atoms with Crippen LogP contribution in [0.5, 0.6) is 11.5 Å². The Balaban J connectivity index is 0.000000501. The van der Waals surface area contributed by atoms with Gasteiger partial charge in [0.05, 0.1) is 14.2 Å². The average molecular weight is 451 g/mol. The third kappa shape index (κ3) is 7.75. The van der Waals surface area contributed by atoms with E-state index in [1.807, 2.05) is 18.2 Å². The summed E-state index contributed by atoms with van der Waals surface area (Å²) in [7, 11) is 3.34. The molecular weight excluding hydrogens is 424 g/mol. The van der Waals surface area contributed by atoms with Crippen molar-refractivity contribution in [3.05, 3.63) is 58.6 Å². The van der Waals surface area contributed by atoms with Gasteiger partial charge in [0.2, 0.25) is 0 Å². The Bertz CT molecular complexity index is 872. The van der Waals surface area contributed by atoms with Crippen LogP contribution >= 0.6 is 11.6 Å². The van der Waals surface area contributed by atoms with Crippen LogP contribution in [-0.2, 0) is 22.7 Å². The van der Waals surface area contributed by atoms with Crippen molar-refractivity contribution in [2.45, 2.75) is 13.1 Å². The SMILES string of the molecule is COc1ccc(CN2CCN(Cc3ccccc3Cl)CC2)cc1OC.O=C(O)C(=O)O. The second-order valence-corrected chi connectivity index (χ2v) is 7.35. The average Bonchev–Trinajstić information content (AvgIpc) is 2.77. The highest BCUT2D eigenvalue weighted by Crippen LogP contribution is 2.28. The fourth-order valence-electron chi connectivity index (χ4n) is 3.21. The number of benzene rings is 2. The van der Waals surface area contributed by atoms with Crippen LogP contribution in [0.25, 0.3) is 0 Å². The molecule has 0 radical (unpaired) electrons. The first-order valence-electron chi connectivity index (χ1n) is 9.69. The molecule has 0 spiro atoms. The summed E-state index contributed by atoms with van der Waals surface area (Å²) in [6, 6.07) is 14.2. The highest BCUT2D eigenvalue weighted by Gasteiger charge is 2.18. The first-order chi connectivity index (χ1) is 14.8. The lowest BCUT2D eigenvalue weighted by Gasteiger charge is -2.35. The molecule has 1 aliphatic heterocycles. The molecule has 3 rings (SSSR count). The molecule has 0 saturated carbocycles. The lowest BCUT2D eigenvalue weighted by Crippen LogP contribution is -2.45. The molecule has 0 unspecified atom stereocenters. The van der Waals surface area contributed by atoms with Crippen LogP contribution in [0, 0.1) is 0 Å². The molecule has 0 aromatic heterocycles. The molecule has 0 bridgehead atoms. The normalized spacial score (nSPS) is 14.3. The summed E-state index contributed by atoms with van der Waals surface area (Å²) in [4.78, 5) is 23.1. The number of aliphatic carboxylic acids is 2. The van der Waals surface area contributed by atoms with Crippen molar-refractivity contribution in [1.29, 1.82) is 0 Å². The Morgan fingerprint density at radius 2 is 1.42 bits per heavy atom. The van der Waals surface area contributed by atoms with Crippen molar-refractivity contribution in [2.24, 2.45) is 0 Å². The van der Waals surface area contributed by atoms with Gasteiger partial charge in [-0.2, -0.15) is 0 Å². The van der Waals surface area contributed by atoms with E-state index < -0.39 is 11.9 Å². The van der Waals surface area contributed by atoms with E-state index in [2.05, 4.69) is 34.1 Å². The number of hydrogen-bond donors (Lipinski definition) is 2. The summed E-state index contributed by atoms with van der Waals surface area (Å²) in [5.41, 5.74) is 2.45. The standard InChI is InChI=1S/C20H25ClN2O2.C2H2O4/c1-24-19-8-7-16(13-20(19)25-2)14-22-9-11-23(12-10-22)15-17-5-3-4-6-18(17)21;3-1(4)2(5)6/h3-8,13H,9-12,14-15H2,1-2H3;(H,3,4)(H,5,6). The van der Waals surface area contributed by atoms with Gasteiger partial charge in [-0.25, -0.2) is 9.59 Å². The fraction of sp³-hybridized carbons (Fsp3) is 0.364. The number of halogens is 1. The van der Waals surface area contributed by atoms with Gasteiger partial charge < -0.3 is 19.7 Å². The van der Waals surface area contributed by atoms with Gasteiger partial charge in [0, 0.05) is 44.3 Å². The van der Waals surface area contributed by atoms with Crippen LogP contribution in [0.2, 0.25) is 5.02 Å². The number of methoxy groups -OCH3 is 2. The molecule has 8 nitrogen and oxygen atoms in total. The first-order valence-corrected chi connectivity index (χ1v) is 10.1. The summed E-state index contributed by atoms with van der Waals surface area (Å²) < 4.78 is 10.7. The van der Waals surface area contributed by atoms with E-state index in [4.69, 9.17) is 40.9 Å². The minimum atomic E-state index is -1.82. The topological polar surface area (TPSA) is 99.5 Å². The molecular formula is C22H27ClN2O6. The van der Waals surface area contributed by atoms with Gasteiger partial charge in [-0.05, 0) is 29.3 Å². The number of piperazine rings is 1. The Kier molecular flexibility index (Phi) is 9.58. The van der Waals surface area contributed by atoms with Gasteiger partial charge in [0.25, 0.3) is 0 Å². The first kappa shape index (κ1) is 24.5. The van der Waals surface area contributed by atoms with E-state index in [1.165, 1.54) is 11.1 Å². The van der Waals surface area contributed by atoms with Gasteiger partial charge in [-0.3, -0.25) is 9.80 Å². The van der Waals surface area contributed by atoms with E-state index in [9.17, 15) is 0 Å². The predicted octanol–water partition coefficient (Wildman–Crippen LogP) is 2.83. The van der Waals surface area contributed by atoms with Crippen molar-refractivity contribution >= 4 is 23.5 Å². The van der Waals surface area contributed by atoms with Crippen LogP contribution in [0.3, 0.4) is 0 Å². The highest BCUT2D eigenvalue weighted by atomic mass is 35.5.